The van der Waals surface area contributed by atoms with Crippen LogP contribution in [0.4, 0.5) is 0 Å². The zero-order chi connectivity index (χ0) is 15.6. The number of carbonyl (C=O) groups is 1. The highest BCUT2D eigenvalue weighted by atomic mass is 32.1. The van der Waals surface area contributed by atoms with E-state index in [0.717, 1.165) is 38.2 Å². The van der Waals surface area contributed by atoms with Crippen molar-refractivity contribution >= 4 is 17.2 Å². The molecule has 2 aliphatic heterocycles. The maximum atomic E-state index is 12.6. The van der Waals surface area contributed by atoms with Crippen molar-refractivity contribution in [2.75, 3.05) is 13.1 Å². The van der Waals surface area contributed by atoms with E-state index in [9.17, 15) is 4.79 Å². The minimum atomic E-state index is 0.291. The summed E-state index contributed by atoms with van der Waals surface area (Å²) < 4.78 is 0. The van der Waals surface area contributed by atoms with E-state index in [1.165, 1.54) is 4.88 Å². The van der Waals surface area contributed by atoms with Gasteiger partial charge in [0.15, 0.2) is 0 Å². The third-order valence-electron chi connectivity index (χ3n) is 5.01. The van der Waals surface area contributed by atoms with Gasteiger partial charge in [0.1, 0.15) is 0 Å². The lowest BCUT2D eigenvalue weighted by molar-refractivity contribution is -0.131. The van der Waals surface area contributed by atoms with Crippen molar-refractivity contribution in [3.8, 4) is 0 Å². The van der Waals surface area contributed by atoms with Crippen LogP contribution in [0.2, 0.25) is 0 Å². The fourth-order valence-electron chi connectivity index (χ4n) is 3.94. The van der Waals surface area contributed by atoms with Gasteiger partial charge in [-0.15, -0.1) is 11.3 Å². The number of amides is 1. The molecule has 0 radical (unpaired) electrons. The van der Waals surface area contributed by atoms with E-state index >= 15 is 0 Å². The molecule has 5 heteroatoms. The summed E-state index contributed by atoms with van der Waals surface area (Å²) in [5, 5.41) is 2.04. The number of hydrogen-bond acceptors (Lipinski definition) is 4. The van der Waals surface area contributed by atoms with Crippen LogP contribution in [0.3, 0.4) is 0 Å². The maximum Gasteiger partial charge on any atom is 0.228 e. The Kier molecular flexibility index (Phi) is 4.14. The molecule has 2 aromatic rings. The van der Waals surface area contributed by atoms with Gasteiger partial charge in [-0.25, -0.2) is 0 Å². The number of nitrogens with zero attached hydrogens (tertiary/aromatic N) is 3. The van der Waals surface area contributed by atoms with Gasteiger partial charge in [0.2, 0.25) is 5.91 Å². The number of likely N-dealkylation sites (tertiary alicyclic amines) is 2. The van der Waals surface area contributed by atoms with Crippen molar-refractivity contribution in [3.63, 3.8) is 0 Å². The first-order valence-electron chi connectivity index (χ1n) is 8.27. The van der Waals surface area contributed by atoms with E-state index in [1.54, 1.807) is 11.3 Å². The number of rotatable bonds is 4. The molecule has 2 aromatic heterocycles. The summed E-state index contributed by atoms with van der Waals surface area (Å²) in [4.78, 5) is 22.9. The summed E-state index contributed by atoms with van der Waals surface area (Å²) >= 11 is 1.67. The average molecular weight is 327 g/mol. The summed E-state index contributed by atoms with van der Waals surface area (Å²) in [5.74, 6) is 0.291. The molecule has 0 unspecified atom stereocenters. The maximum absolute atomic E-state index is 12.6. The predicted octanol–water partition coefficient (Wildman–Crippen LogP) is 2.56. The van der Waals surface area contributed by atoms with Crippen molar-refractivity contribution < 1.29 is 4.79 Å². The molecule has 0 aliphatic carbocycles. The van der Waals surface area contributed by atoms with Crippen molar-refractivity contribution in [2.24, 2.45) is 0 Å². The van der Waals surface area contributed by atoms with Gasteiger partial charge < -0.3 is 4.90 Å². The minimum Gasteiger partial charge on any atom is -0.338 e. The summed E-state index contributed by atoms with van der Waals surface area (Å²) in [6, 6.07) is 11.1. The molecule has 0 saturated carbocycles. The molecule has 2 aliphatic rings. The Labute approximate surface area is 140 Å². The van der Waals surface area contributed by atoms with E-state index in [4.69, 9.17) is 0 Å². The molecular weight excluding hydrogens is 306 g/mol. The van der Waals surface area contributed by atoms with Crippen LogP contribution >= 0.6 is 11.3 Å². The van der Waals surface area contributed by atoms with Crippen LogP contribution in [0.25, 0.3) is 0 Å². The monoisotopic (exact) mass is 327 g/mol. The van der Waals surface area contributed by atoms with Crippen LogP contribution in [-0.4, -0.2) is 45.9 Å². The summed E-state index contributed by atoms with van der Waals surface area (Å²) in [6.45, 7) is 2.86. The van der Waals surface area contributed by atoms with Crippen molar-refractivity contribution in [3.05, 3.63) is 52.5 Å². The summed E-state index contributed by atoms with van der Waals surface area (Å²) in [5.41, 5.74) is 1.12. The minimum absolute atomic E-state index is 0.291. The van der Waals surface area contributed by atoms with E-state index in [0.29, 0.717) is 24.4 Å². The molecule has 1 amide bonds. The van der Waals surface area contributed by atoms with Crippen LogP contribution in [0.15, 0.2) is 41.9 Å². The van der Waals surface area contributed by atoms with Gasteiger partial charge in [0, 0.05) is 42.8 Å². The highest BCUT2D eigenvalue weighted by Crippen LogP contribution is 2.33. The second-order valence-corrected chi connectivity index (χ2v) is 7.38. The number of pyridine rings is 1. The lowest BCUT2D eigenvalue weighted by Crippen LogP contribution is -2.40. The van der Waals surface area contributed by atoms with Gasteiger partial charge in [-0.3, -0.25) is 14.7 Å². The Hall–Kier alpha value is -1.72. The molecule has 2 saturated heterocycles. The van der Waals surface area contributed by atoms with Gasteiger partial charge in [0.05, 0.1) is 12.1 Å². The fourth-order valence-corrected chi connectivity index (χ4v) is 4.64. The first-order valence-corrected chi connectivity index (χ1v) is 9.15. The molecule has 23 heavy (non-hydrogen) atoms. The third-order valence-corrected chi connectivity index (χ3v) is 5.88. The highest BCUT2D eigenvalue weighted by molar-refractivity contribution is 7.10. The van der Waals surface area contributed by atoms with Gasteiger partial charge >= 0.3 is 0 Å². The van der Waals surface area contributed by atoms with Crippen LogP contribution in [0.5, 0.6) is 0 Å². The van der Waals surface area contributed by atoms with Gasteiger partial charge in [-0.05, 0) is 36.4 Å². The molecule has 120 valence electrons. The fraction of sp³-hybridized carbons (Fsp3) is 0.444. The van der Waals surface area contributed by atoms with E-state index in [2.05, 4.69) is 26.9 Å². The largest absolute Gasteiger partial charge is 0.338 e. The summed E-state index contributed by atoms with van der Waals surface area (Å²) in [6.07, 6.45) is 4.59. The number of aromatic nitrogens is 1. The SMILES string of the molecule is O=C(Cc1cccs1)N1CC[C@@H]2[C@@H]1CCN2Cc1ccccn1. The standard InChI is InChI=1S/C18H21N3OS/c22-18(12-15-5-3-11-23-15)21-10-7-16-17(21)6-9-20(16)13-14-4-1-2-8-19-14/h1-5,8,11,16-17H,6-7,9-10,12-13H2/t16-,17+/m1/s1. The zero-order valence-electron chi connectivity index (χ0n) is 13.1. The average Bonchev–Trinajstić information content (AvgIpc) is 3.27. The second kappa shape index (κ2) is 6.42. The van der Waals surface area contributed by atoms with Crippen LogP contribution in [0, 0.1) is 0 Å². The van der Waals surface area contributed by atoms with Crippen LogP contribution in [-0.2, 0) is 17.8 Å². The molecule has 0 aromatic carbocycles. The first-order chi connectivity index (χ1) is 11.3. The van der Waals surface area contributed by atoms with E-state index in [-0.39, 0.29) is 0 Å². The molecule has 2 atom stereocenters. The quantitative estimate of drug-likeness (QED) is 0.866. The normalized spacial score (nSPS) is 24.1. The topological polar surface area (TPSA) is 36.4 Å². The Morgan fingerprint density at radius 2 is 2.09 bits per heavy atom. The predicted molar refractivity (Wildman–Crippen MR) is 91.2 cm³/mol. The molecule has 0 bridgehead atoms. The molecule has 2 fully saturated rings. The zero-order valence-corrected chi connectivity index (χ0v) is 13.9. The molecular formula is C18H21N3OS. The van der Waals surface area contributed by atoms with E-state index in [1.807, 2.05) is 29.8 Å². The second-order valence-electron chi connectivity index (χ2n) is 6.35. The molecule has 4 rings (SSSR count). The van der Waals surface area contributed by atoms with Crippen molar-refractivity contribution in [2.45, 2.75) is 37.9 Å². The Morgan fingerprint density at radius 3 is 2.87 bits per heavy atom. The first kappa shape index (κ1) is 14.8. The van der Waals surface area contributed by atoms with E-state index < -0.39 is 0 Å². The van der Waals surface area contributed by atoms with Gasteiger partial charge in [-0.2, -0.15) is 0 Å². The lowest BCUT2D eigenvalue weighted by atomic mass is 10.1. The highest BCUT2D eigenvalue weighted by Gasteiger charge is 2.44. The van der Waals surface area contributed by atoms with Crippen molar-refractivity contribution in [1.82, 2.24) is 14.8 Å². The lowest BCUT2D eigenvalue weighted by Gasteiger charge is -2.25. The van der Waals surface area contributed by atoms with Crippen LogP contribution in [0.1, 0.15) is 23.4 Å². The van der Waals surface area contributed by atoms with Gasteiger partial charge in [0.25, 0.3) is 0 Å². The number of fused-ring (bicyclic) bond motifs is 1. The third kappa shape index (κ3) is 3.03. The van der Waals surface area contributed by atoms with Crippen molar-refractivity contribution in [1.29, 1.82) is 0 Å². The number of thiophene rings is 1. The van der Waals surface area contributed by atoms with Gasteiger partial charge in [-0.1, -0.05) is 12.1 Å². The molecule has 0 spiro atoms. The Balaban J connectivity index is 1.40. The Bertz CT molecular complexity index is 658. The summed E-state index contributed by atoms with van der Waals surface area (Å²) in [7, 11) is 0. The number of hydrogen-bond donors (Lipinski definition) is 0. The smallest absolute Gasteiger partial charge is 0.228 e. The Morgan fingerprint density at radius 1 is 1.17 bits per heavy atom. The molecule has 4 heterocycles. The van der Waals surface area contributed by atoms with Crippen LogP contribution < -0.4 is 0 Å². The molecule has 0 N–H and O–H groups in total. The molecule has 4 nitrogen and oxygen atoms in total. The number of carbonyl (C=O) groups excluding carboxylic acids is 1.